The minimum absolute atomic E-state index is 0.340. The van der Waals surface area contributed by atoms with Crippen molar-refractivity contribution in [3.05, 3.63) is 35.6 Å². The van der Waals surface area contributed by atoms with E-state index in [1.807, 2.05) is 0 Å². The van der Waals surface area contributed by atoms with Crippen LogP contribution in [0.5, 0.6) is 5.75 Å². The number of para-hydroxylation sites is 1. The van der Waals surface area contributed by atoms with E-state index in [1.54, 1.807) is 18.2 Å². The van der Waals surface area contributed by atoms with E-state index in [1.165, 1.54) is 18.7 Å². The number of ether oxygens (including phenoxy) is 1. The first-order valence-electron chi connectivity index (χ1n) is 4.11. The third kappa shape index (κ3) is 2.64. The van der Waals surface area contributed by atoms with Crippen LogP contribution in [0.1, 0.15) is 0 Å². The lowest BCUT2D eigenvalue weighted by molar-refractivity contribution is 0.413. The Hall–Kier alpha value is -1.22. The van der Waals surface area contributed by atoms with Gasteiger partial charge in [0.15, 0.2) is 0 Å². The normalized spacial score (nSPS) is 10.5. The van der Waals surface area contributed by atoms with Crippen molar-refractivity contribution >= 4 is 17.3 Å². The molecule has 0 aliphatic carbocycles. The van der Waals surface area contributed by atoms with E-state index in [9.17, 15) is 4.39 Å². The minimum atomic E-state index is -0.340. The zero-order valence-corrected chi connectivity index (χ0v) is 8.51. The summed E-state index contributed by atoms with van der Waals surface area (Å²) < 4.78 is 18.3. The second kappa shape index (κ2) is 5.50. The largest absolute Gasteiger partial charge is 0.494 e. The fraction of sp³-hybridized carbons (Fsp3) is 0.200. The van der Waals surface area contributed by atoms with E-state index in [-0.39, 0.29) is 5.82 Å². The molecule has 1 rings (SSSR count). The SMILES string of the molecule is COc1cccc(F)c1NC/C=C/Cl. The molecule has 0 aromatic heterocycles. The maximum atomic E-state index is 13.3. The topological polar surface area (TPSA) is 21.3 Å². The molecule has 76 valence electrons. The number of benzene rings is 1. The van der Waals surface area contributed by atoms with Crippen molar-refractivity contribution in [2.24, 2.45) is 0 Å². The molecule has 1 aromatic rings. The van der Waals surface area contributed by atoms with Gasteiger partial charge < -0.3 is 10.1 Å². The van der Waals surface area contributed by atoms with Gasteiger partial charge in [-0.25, -0.2) is 4.39 Å². The summed E-state index contributed by atoms with van der Waals surface area (Å²) in [6.45, 7) is 0.459. The van der Waals surface area contributed by atoms with Crippen molar-refractivity contribution in [2.75, 3.05) is 19.0 Å². The molecule has 0 bridgehead atoms. The molecular formula is C10H11ClFNO. The quantitative estimate of drug-likeness (QED) is 0.834. The summed E-state index contributed by atoms with van der Waals surface area (Å²) >= 11 is 5.34. The van der Waals surface area contributed by atoms with Crippen LogP contribution < -0.4 is 10.1 Å². The summed E-state index contributed by atoms with van der Waals surface area (Å²) in [6.07, 6.45) is 1.67. The zero-order chi connectivity index (χ0) is 10.4. The molecule has 0 unspecified atom stereocenters. The number of hydrogen-bond acceptors (Lipinski definition) is 2. The Bertz CT molecular complexity index is 328. The van der Waals surface area contributed by atoms with E-state index in [0.29, 0.717) is 18.0 Å². The second-order valence-corrected chi connectivity index (χ2v) is 2.81. The van der Waals surface area contributed by atoms with Gasteiger partial charge in [0.2, 0.25) is 0 Å². The summed E-state index contributed by atoms with van der Waals surface area (Å²) in [5, 5.41) is 2.86. The molecule has 0 saturated carbocycles. The second-order valence-electron chi connectivity index (χ2n) is 2.56. The van der Waals surface area contributed by atoms with Crippen LogP contribution in [0.25, 0.3) is 0 Å². The molecule has 0 heterocycles. The maximum absolute atomic E-state index is 13.3. The smallest absolute Gasteiger partial charge is 0.150 e. The highest BCUT2D eigenvalue weighted by Crippen LogP contribution is 2.26. The van der Waals surface area contributed by atoms with Crippen molar-refractivity contribution < 1.29 is 9.13 Å². The van der Waals surface area contributed by atoms with E-state index < -0.39 is 0 Å². The Morgan fingerprint density at radius 3 is 3.00 bits per heavy atom. The van der Waals surface area contributed by atoms with Gasteiger partial charge in [0, 0.05) is 12.1 Å². The zero-order valence-electron chi connectivity index (χ0n) is 7.76. The average molecular weight is 216 g/mol. The number of nitrogens with one attached hydrogen (secondary N) is 1. The first-order valence-corrected chi connectivity index (χ1v) is 4.55. The van der Waals surface area contributed by atoms with Crippen LogP contribution in [0.3, 0.4) is 0 Å². The standard InChI is InChI=1S/C10H11ClFNO/c1-14-9-5-2-4-8(12)10(9)13-7-3-6-11/h2-6,13H,7H2,1H3/b6-3+. The number of methoxy groups -OCH3 is 1. The first kappa shape index (κ1) is 10.9. The van der Waals surface area contributed by atoms with Crippen LogP contribution in [0.2, 0.25) is 0 Å². The number of halogens is 2. The Labute approximate surface area is 87.3 Å². The molecule has 0 spiro atoms. The predicted octanol–water partition coefficient (Wildman–Crippen LogP) is 3.00. The lowest BCUT2D eigenvalue weighted by Crippen LogP contribution is -2.02. The van der Waals surface area contributed by atoms with Gasteiger partial charge in [-0.1, -0.05) is 23.7 Å². The summed E-state index contributed by atoms with van der Waals surface area (Å²) in [4.78, 5) is 0. The third-order valence-corrected chi connectivity index (χ3v) is 1.86. The summed E-state index contributed by atoms with van der Waals surface area (Å²) in [5.41, 5.74) is 1.73. The molecule has 14 heavy (non-hydrogen) atoms. The molecule has 0 fully saturated rings. The molecule has 0 saturated heterocycles. The number of anilines is 1. The molecule has 0 aliphatic rings. The van der Waals surface area contributed by atoms with Crippen molar-refractivity contribution in [2.45, 2.75) is 0 Å². The average Bonchev–Trinajstić information content (AvgIpc) is 2.20. The highest BCUT2D eigenvalue weighted by Gasteiger charge is 2.06. The highest BCUT2D eigenvalue weighted by atomic mass is 35.5. The monoisotopic (exact) mass is 215 g/mol. The van der Waals surface area contributed by atoms with Crippen molar-refractivity contribution in [1.29, 1.82) is 0 Å². The summed E-state index contributed by atoms with van der Waals surface area (Å²) in [7, 11) is 1.50. The number of hydrogen-bond donors (Lipinski definition) is 1. The fourth-order valence-electron chi connectivity index (χ4n) is 1.05. The minimum Gasteiger partial charge on any atom is -0.494 e. The van der Waals surface area contributed by atoms with Gasteiger partial charge in [0.05, 0.1) is 7.11 Å². The highest BCUT2D eigenvalue weighted by molar-refractivity contribution is 6.25. The van der Waals surface area contributed by atoms with Crippen LogP contribution in [0.4, 0.5) is 10.1 Å². The lowest BCUT2D eigenvalue weighted by Gasteiger charge is -2.09. The molecule has 1 aromatic carbocycles. The third-order valence-electron chi connectivity index (χ3n) is 1.68. The number of rotatable bonds is 4. The van der Waals surface area contributed by atoms with Crippen molar-refractivity contribution in [3.63, 3.8) is 0 Å². The molecule has 0 aliphatic heterocycles. The van der Waals surface area contributed by atoms with Gasteiger partial charge in [-0.15, -0.1) is 0 Å². The van der Waals surface area contributed by atoms with E-state index in [4.69, 9.17) is 16.3 Å². The summed E-state index contributed by atoms with van der Waals surface area (Å²) in [5.74, 6) is 0.139. The molecule has 0 radical (unpaired) electrons. The van der Waals surface area contributed by atoms with Gasteiger partial charge in [0.1, 0.15) is 17.3 Å². The van der Waals surface area contributed by atoms with Crippen molar-refractivity contribution in [1.82, 2.24) is 0 Å². The van der Waals surface area contributed by atoms with Gasteiger partial charge in [-0.05, 0) is 12.1 Å². The lowest BCUT2D eigenvalue weighted by atomic mass is 10.2. The van der Waals surface area contributed by atoms with Gasteiger partial charge in [0.25, 0.3) is 0 Å². The van der Waals surface area contributed by atoms with E-state index in [0.717, 1.165) is 0 Å². The predicted molar refractivity (Wildman–Crippen MR) is 56.4 cm³/mol. The maximum Gasteiger partial charge on any atom is 0.150 e. The van der Waals surface area contributed by atoms with Crippen molar-refractivity contribution in [3.8, 4) is 5.75 Å². The molecule has 4 heteroatoms. The van der Waals surface area contributed by atoms with Crippen LogP contribution in [0.15, 0.2) is 29.8 Å². The van der Waals surface area contributed by atoms with Crippen LogP contribution in [-0.4, -0.2) is 13.7 Å². The Balaban J connectivity index is 2.82. The van der Waals surface area contributed by atoms with Gasteiger partial charge in [-0.3, -0.25) is 0 Å². The van der Waals surface area contributed by atoms with Crippen LogP contribution in [0, 0.1) is 5.82 Å². The van der Waals surface area contributed by atoms with Crippen LogP contribution in [-0.2, 0) is 0 Å². The first-order chi connectivity index (χ1) is 6.79. The Morgan fingerprint density at radius 1 is 1.57 bits per heavy atom. The molecule has 2 nitrogen and oxygen atoms in total. The van der Waals surface area contributed by atoms with E-state index >= 15 is 0 Å². The van der Waals surface area contributed by atoms with Gasteiger partial charge >= 0.3 is 0 Å². The molecule has 1 N–H and O–H groups in total. The van der Waals surface area contributed by atoms with E-state index in [2.05, 4.69) is 5.32 Å². The Morgan fingerprint density at radius 2 is 2.36 bits per heavy atom. The van der Waals surface area contributed by atoms with Crippen LogP contribution >= 0.6 is 11.6 Å². The summed E-state index contributed by atoms with van der Waals surface area (Å²) in [6, 6.07) is 4.65. The molecule has 0 amide bonds. The van der Waals surface area contributed by atoms with Gasteiger partial charge in [-0.2, -0.15) is 0 Å². The fourth-order valence-corrected chi connectivity index (χ4v) is 1.14. The Kier molecular flexibility index (Phi) is 4.26. The molecule has 0 atom stereocenters. The molecular weight excluding hydrogens is 205 g/mol.